The van der Waals surface area contributed by atoms with E-state index in [0.29, 0.717) is 0 Å². The number of likely N-dealkylation sites (tertiary alicyclic amines) is 1. The maximum Gasteiger partial charge on any atom is 0.0328 e. The van der Waals surface area contributed by atoms with Crippen molar-refractivity contribution in [2.45, 2.75) is 39.8 Å². The summed E-state index contributed by atoms with van der Waals surface area (Å²) in [5.74, 6) is 0.880. The highest BCUT2D eigenvalue weighted by Gasteiger charge is 2.16. The van der Waals surface area contributed by atoms with Gasteiger partial charge in [0.15, 0.2) is 0 Å². The van der Waals surface area contributed by atoms with Crippen LogP contribution in [0.4, 0.5) is 0 Å². The minimum absolute atomic E-state index is 0.880. The fraction of sp³-hybridized carbons (Fsp3) is 0.714. The van der Waals surface area contributed by atoms with E-state index in [1.807, 2.05) is 11.3 Å². The van der Waals surface area contributed by atoms with E-state index in [4.69, 9.17) is 0 Å². The maximum absolute atomic E-state index is 3.39. The Hall–Kier alpha value is -0.380. The Morgan fingerprint density at radius 3 is 3.00 bits per heavy atom. The Balaban J connectivity index is 1.83. The topological polar surface area (TPSA) is 15.3 Å². The second-order valence-corrected chi connectivity index (χ2v) is 6.38. The summed E-state index contributed by atoms with van der Waals surface area (Å²) in [4.78, 5) is 5.59. The molecule has 1 unspecified atom stereocenters. The van der Waals surface area contributed by atoms with Crippen molar-refractivity contribution in [1.82, 2.24) is 10.2 Å². The fourth-order valence-electron chi connectivity index (χ4n) is 2.50. The standard InChI is InChI=1S/C14H24N2S/c1-3-15-9-13-6-7-14(17-13)11-16-8-4-5-12(2)10-16/h6-7,12,15H,3-5,8-11H2,1-2H3. The van der Waals surface area contributed by atoms with Gasteiger partial charge in [-0.05, 0) is 44.0 Å². The molecule has 1 atom stereocenters. The third-order valence-electron chi connectivity index (χ3n) is 3.39. The third-order valence-corrected chi connectivity index (χ3v) is 4.46. The van der Waals surface area contributed by atoms with Crippen LogP contribution in [0, 0.1) is 5.92 Å². The molecule has 0 saturated carbocycles. The van der Waals surface area contributed by atoms with Crippen LogP contribution in [0.5, 0.6) is 0 Å². The largest absolute Gasteiger partial charge is 0.312 e. The molecule has 1 aromatic rings. The summed E-state index contributed by atoms with van der Waals surface area (Å²) in [7, 11) is 0. The van der Waals surface area contributed by atoms with Gasteiger partial charge in [-0.25, -0.2) is 0 Å². The van der Waals surface area contributed by atoms with Gasteiger partial charge in [-0.1, -0.05) is 13.8 Å². The highest BCUT2D eigenvalue weighted by atomic mass is 32.1. The van der Waals surface area contributed by atoms with Crippen molar-refractivity contribution < 1.29 is 0 Å². The van der Waals surface area contributed by atoms with E-state index in [-0.39, 0.29) is 0 Å². The molecule has 96 valence electrons. The predicted octanol–water partition coefficient (Wildman–Crippen LogP) is 3.09. The zero-order valence-electron chi connectivity index (χ0n) is 11.0. The lowest BCUT2D eigenvalue weighted by atomic mass is 10.0. The van der Waals surface area contributed by atoms with Crippen molar-refractivity contribution in [3.05, 3.63) is 21.9 Å². The lowest BCUT2D eigenvalue weighted by Crippen LogP contribution is -2.33. The summed E-state index contributed by atoms with van der Waals surface area (Å²) in [5.41, 5.74) is 0. The van der Waals surface area contributed by atoms with Gasteiger partial charge in [0.25, 0.3) is 0 Å². The normalized spacial score (nSPS) is 21.9. The van der Waals surface area contributed by atoms with Crippen molar-refractivity contribution in [2.24, 2.45) is 5.92 Å². The molecule has 17 heavy (non-hydrogen) atoms. The van der Waals surface area contributed by atoms with Crippen LogP contribution < -0.4 is 5.32 Å². The third kappa shape index (κ3) is 4.09. The first kappa shape index (κ1) is 13.1. The van der Waals surface area contributed by atoms with Crippen LogP contribution >= 0.6 is 11.3 Å². The molecule has 1 aliphatic heterocycles. The second-order valence-electron chi connectivity index (χ2n) is 5.13. The summed E-state index contributed by atoms with van der Waals surface area (Å²) in [6.45, 7) is 10.3. The minimum Gasteiger partial charge on any atom is -0.312 e. The van der Waals surface area contributed by atoms with Crippen molar-refractivity contribution in [3.8, 4) is 0 Å². The van der Waals surface area contributed by atoms with Gasteiger partial charge in [0.1, 0.15) is 0 Å². The van der Waals surface area contributed by atoms with Crippen LogP contribution in [-0.4, -0.2) is 24.5 Å². The van der Waals surface area contributed by atoms with E-state index in [9.17, 15) is 0 Å². The number of rotatable bonds is 5. The summed E-state index contributed by atoms with van der Waals surface area (Å²) in [5, 5.41) is 3.39. The predicted molar refractivity (Wildman–Crippen MR) is 75.4 cm³/mol. The minimum atomic E-state index is 0.880. The van der Waals surface area contributed by atoms with Gasteiger partial charge in [0, 0.05) is 29.4 Å². The zero-order valence-corrected chi connectivity index (χ0v) is 11.9. The highest BCUT2D eigenvalue weighted by molar-refractivity contribution is 7.11. The number of hydrogen-bond acceptors (Lipinski definition) is 3. The van der Waals surface area contributed by atoms with E-state index >= 15 is 0 Å². The summed E-state index contributed by atoms with van der Waals surface area (Å²) in [6.07, 6.45) is 2.78. The van der Waals surface area contributed by atoms with Crippen LogP contribution in [0.2, 0.25) is 0 Å². The van der Waals surface area contributed by atoms with E-state index in [1.54, 1.807) is 0 Å². The average molecular weight is 252 g/mol. The summed E-state index contributed by atoms with van der Waals surface area (Å²) < 4.78 is 0. The molecule has 2 nitrogen and oxygen atoms in total. The molecule has 1 fully saturated rings. The lowest BCUT2D eigenvalue weighted by molar-refractivity contribution is 0.178. The van der Waals surface area contributed by atoms with Gasteiger partial charge in [-0.15, -0.1) is 11.3 Å². The lowest BCUT2D eigenvalue weighted by Gasteiger charge is -2.30. The van der Waals surface area contributed by atoms with Gasteiger partial charge < -0.3 is 5.32 Å². The van der Waals surface area contributed by atoms with Gasteiger partial charge >= 0.3 is 0 Å². The first-order valence-electron chi connectivity index (χ1n) is 6.78. The van der Waals surface area contributed by atoms with Crippen LogP contribution in [0.15, 0.2) is 12.1 Å². The van der Waals surface area contributed by atoms with Gasteiger partial charge in [-0.3, -0.25) is 4.90 Å². The van der Waals surface area contributed by atoms with Crippen LogP contribution in [0.1, 0.15) is 36.4 Å². The Morgan fingerprint density at radius 1 is 1.41 bits per heavy atom. The van der Waals surface area contributed by atoms with Crippen molar-refractivity contribution in [2.75, 3.05) is 19.6 Å². The molecule has 2 heterocycles. The Kier molecular flexibility index (Phi) is 5.01. The monoisotopic (exact) mass is 252 g/mol. The summed E-state index contributed by atoms with van der Waals surface area (Å²) in [6, 6.07) is 4.58. The summed E-state index contributed by atoms with van der Waals surface area (Å²) >= 11 is 1.96. The fourth-order valence-corrected chi connectivity index (χ4v) is 3.53. The molecule has 0 aromatic carbocycles. The number of thiophene rings is 1. The Morgan fingerprint density at radius 2 is 2.24 bits per heavy atom. The van der Waals surface area contributed by atoms with E-state index in [2.05, 4.69) is 36.2 Å². The Labute approximate surface area is 109 Å². The molecule has 2 rings (SSSR count). The number of piperidine rings is 1. The van der Waals surface area contributed by atoms with E-state index < -0.39 is 0 Å². The van der Waals surface area contributed by atoms with Crippen LogP contribution in [0.25, 0.3) is 0 Å². The zero-order chi connectivity index (χ0) is 12.1. The number of hydrogen-bond donors (Lipinski definition) is 1. The quantitative estimate of drug-likeness (QED) is 0.866. The molecule has 0 spiro atoms. The molecule has 3 heteroatoms. The molecule has 0 radical (unpaired) electrons. The molecular weight excluding hydrogens is 228 g/mol. The number of nitrogens with one attached hydrogen (secondary N) is 1. The Bertz CT molecular complexity index is 335. The van der Waals surface area contributed by atoms with E-state index in [0.717, 1.165) is 25.6 Å². The first-order valence-corrected chi connectivity index (χ1v) is 7.60. The molecule has 1 aliphatic rings. The van der Waals surface area contributed by atoms with Crippen LogP contribution in [-0.2, 0) is 13.1 Å². The highest BCUT2D eigenvalue weighted by Crippen LogP contribution is 2.22. The molecule has 0 aliphatic carbocycles. The molecule has 0 bridgehead atoms. The second kappa shape index (κ2) is 6.53. The van der Waals surface area contributed by atoms with Crippen molar-refractivity contribution >= 4 is 11.3 Å². The molecular formula is C14H24N2S. The van der Waals surface area contributed by atoms with Crippen LogP contribution in [0.3, 0.4) is 0 Å². The maximum atomic E-state index is 3.39. The van der Waals surface area contributed by atoms with Gasteiger partial charge in [0.2, 0.25) is 0 Å². The molecule has 1 saturated heterocycles. The number of nitrogens with zero attached hydrogens (tertiary/aromatic N) is 1. The molecule has 0 amide bonds. The average Bonchev–Trinajstić information content (AvgIpc) is 2.74. The van der Waals surface area contributed by atoms with Crippen molar-refractivity contribution in [1.29, 1.82) is 0 Å². The first-order chi connectivity index (χ1) is 8.28. The molecule has 1 aromatic heterocycles. The molecule has 1 N–H and O–H groups in total. The SMILES string of the molecule is CCNCc1ccc(CN2CCCC(C)C2)s1. The van der Waals surface area contributed by atoms with Gasteiger partial charge in [-0.2, -0.15) is 0 Å². The smallest absolute Gasteiger partial charge is 0.0328 e. The van der Waals surface area contributed by atoms with Crippen molar-refractivity contribution in [3.63, 3.8) is 0 Å². The van der Waals surface area contributed by atoms with Gasteiger partial charge in [0.05, 0.1) is 0 Å². The van der Waals surface area contributed by atoms with E-state index in [1.165, 1.54) is 35.7 Å².